The van der Waals surface area contributed by atoms with E-state index in [1.807, 2.05) is 29.2 Å². The lowest BCUT2D eigenvalue weighted by atomic mass is 10.2. The zero-order valence-electron chi connectivity index (χ0n) is 7.27. The van der Waals surface area contributed by atoms with E-state index < -0.39 is 0 Å². The minimum absolute atomic E-state index is 0.913. The van der Waals surface area contributed by atoms with Gasteiger partial charge in [-0.15, -0.1) is 11.3 Å². The predicted octanol–water partition coefficient (Wildman–Crippen LogP) is 2.69. The van der Waals surface area contributed by atoms with Crippen LogP contribution in [-0.4, -0.2) is 15.0 Å². The molecule has 0 radical (unpaired) electrons. The van der Waals surface area contributed by atoms with Crippen LogP contribution in [0.5, 0.6) is 0 Å². The highest BCUT2D eigenvalue weighted by Gasteiger charge is 2.06. The van der Waals surface area contributed by atoms with Crippen molar-refractivity contribution in [3.05, 3.63) is 35.4 Å². The molecule has 0 bridgehead atoms. The second-order valence-electron chi connectivity index (χ2n) is 2.98. The van der Waals surface area contributed by atoms with Gasteiger partial charge in [0.2, 0.25) is 0 Å². The first kappa shape index (κ1) is 7.70. The van der Waals surface area contributed by atoms with Crippen molar-refractivity contribution in [2.75, 3.05) is 0 Å². The van der Waals surface area contributed by atoms with Crippen LogP contribution in [0.4, 0.5) is 0 Å². The molecule has 0 spiro atoms. The molecule has 3 rings (SSSR count). The molecule has 0 aliphatic heterocycles. The average Bonchev–Trinajstić information content (AvgIpc) is 2.85. The number of nitrogens with one attached hydrogen (secondary N) is 1. The molecule has 3 aromatic rings. The highest BCUT2D eigenvalue weighted by atomic mass is 32.1. The maximum atomic E-state index is 4.28. The molecule has 0 aliphatic rings. The largest absolute Gasteiger partial charge is 0.345 e. The first-order valence-electron chi connectivity index (χ1n) is 4.26. The van der Waals surface area contributed by atoms with Crippen LogP contribution in [0.15, 0.2) is 35.4 Å². The normalized spacial score (nSPS) is 10.9. The van der Waals surface area contributed by atoms with Gasteiger partial charge in [-0.05, 0) is 12.1 Å². The van der Waals surface area contributed by atoms with Crippen LogP contribution >= 0.6 is 11.3 Å². The van der Waals surface area contributed by atoms with E-state index in [1.54, 1.807) is 17.5 Å². The smallest absolute Gasteiger partial charge is 0.137 e. The standard InChI is InChI=1S/C10H7N3S/c1-2-7-8(9-5-14-6-13-9)4-12-10(7)11-3-1/h1-6H,(H,11,12). The Morgan fingerprint density at radius 3 is 3.14 bits per heavy atom. The third-order valence-electron chi connectivity index (χ3n) is 2.16. The van der Waals surface area contributed by atoms with Gasteiger partial charge in [0.1, 0.15) is 5.65 Å². The molecule has 0 fully saturated rings. The SMILES string of the molecule is c1cnc2[nH]cc(-c3cscn3)c2c1. The van der Waals surface area contributed by atoms with Crippen molar-refractivity contribution in [2.24, 2.45) is 0 Å². The van der Waals surface area contributed by atoms with Gasteiger partial charge in [0.25, 0.3) is 0 Å². The number of thiazole rings is 1. The van der Waals surface area contributed by atoms with E-state index in [-0.39, 0.29) is 0 Å². The average molecular weight is 201 g/mol. The Balaban J connectivity index is 2.33. The molecule has 3 heterocycles. The van der Waals surface area contributed by atoms with Crippen molar-refractivity contribution in [1.29, 1.82) is 0 Å². The Kier molecular flexibility index (Phi) is 1.61. The predicted molar refractivity (Wildman–Crippen MR) is 57.2 cm³/mol. The van der Waals surface area contributed by atoms with Gasteiger partial charge < -0.3 is 4.98 Å². The Morgan fingerprint density at radius 2 is 2.29 bits per heavy atom. The summed E-state index contributed by atoms with van der Waals surface area (Å²) in [5, 5.41) is 3.16. The van der Waals surface area contributed by atoms with Gasteiger partial charge in [0.05, 0.1) is 11.2 Å². The third kappa shape index (κ3) is 1.04. The number of hydrogen-bond donors (Lipinski definition) is 1. The van der Waals surface area contributed by atoms with Crippen molar-refractivity contribution >= 4 is 22.4 Å². The molecule has 0 saturated heterocycles. The fraction of sp³-hybridized carbons (Fsp3) is 0. The van der Waals surface area contributed by atoms with Crippen LogP contribution in [-0.2, 0) is 0 Å². The van der Waals surface area contributed by atoms with Crippen LogP contribution in [0.1, 0.15) is 0 Å². The van der Waals surface area contributed by atoms with Crippen LogP contribution < -0.4 is 0 Å². The minimum Gasteiger partial charge on any atom is -0.345 e. The van der Waals surface area contributed by atoms with Crippen molar-refractivity contribution < 1.29 is 0 Å². The molecule has 68 valence electrons. The third-order valence-corrected chi connectivity index (χ3v) is 2.75. The molecule has 0 aromatic carbocycles. The maximum Gasteiger partial charge on any atom is 0.137 e. The number of H-pyrrole nitrogens is 1. The van der Waals surface area contributed by atoms with Gasteiger partial charge >= 0.3 is 0 Å². The van der Waals surface area contributed by atoms with Gasteiger partial charge in [-0.1, -0.05) is 0 Å². The van der Waals surface area contributed by atoms with E-state index in [1.165, 1.54) is 0 Å². The van der Waals surface area contributed by atoms with E-state index in [9.17, 15) is 0 Å². The summed E-state index contributed by atoms with van der Waals surface area (Å²) in [6, 6.07) is 3.99. The summed E-state index contributed by atoms with van der Waals surface area (Å²) in [5.74, 6) is 0. The van der Waals surface area contributed by atoms with Gasteiger partial charge in [0.15, 0.2) is 0 Å². The Labute approximate surface area is 84.5 Å². The monoisotopic (exact) mass is 201 g/mol. The highest BCUT2D eigenvalue weighted by Crippen LogP contribution is 2.26. The van der Waals surface area contributed by atoms with E-state index in [0.717, 1.165) is 22.3 Å². The molecule has 1 N–H and O–H groups in total. The summed E-state index contributed by atoms with van der Waals surface area (Å²) in [5.41, 5.74) is 4.88. The van der Waals surface area contributed by atoms with Gasteiger partial charge in [-0.3, -0.25) is 0 Å². The van der Waals surface area contributed by atoms with Gasteiger partial charge in [0, 0.05) is 28.7 Å². The summed E-state index contributed by atoms with van der Waals surface area (Å²) >= 11 is 1.60. The molecule has 3 nitrogen and oxygen atoms in total. The summed E-state index contributed by atoms with van der Waals surface area (Å²) in [6.07, 6.45) is 3.73. The van der Waals surface area contributed by atoms with E-state index in [4.69, 9.17) is 0 Å². The first-order chi connectivity index (χ1) is 6.95. The maximum absolute atomic E-state index is 4.28. The van der Waals surface area contributed by atoms with E-state index in [0.29, 0.717) is 0 Å². The van der Waals surface area contributed by atoms with Crippen LogP contribution in [0.25, 0.3) is 22.3 Å². The number of nitrogens with zero attached hydrogens (tertiary/aromatic N) is 2. The second kappa shape index (κ2) is 2.92. The van der Waals surface area contributed by atoms with Crippen molar-refractivity contribution in [3.63, 3.8) is 0 Å². The van der Waals surface area contributed by atoms with Crippen molar-refractivity contribution in [3.8, 4) is 11.3 Å². The lowest BCUT2D eigenvalue weighted by Crippen LogP contribution is -1.75. The fourth-order valence-corrected chi connectivity index (χ4v) is 2.07. The van der Waals surface area contributed by atoms with Crippen LogP contribution in [0, 0.1) is 0 Å². The van der Waals surface area contributed by atoms with Gasteiger partial charge in [-0.2, -0.15) is 0 Å². The van der Waals surface area contributed by atoms with E-state index >= 15 is 0 Å². The summed E-state index contributed by atoms with van der Waals surface area (Å²) in [4.78, 5) is 11.6. The fourth-order valence-electron chi connectivity index (χ4n) is 1.51. The lowest BCUT2D eigenvalue weighted by molar-refractivity contribution is 1.32. The lowest BCUT2D eigenvalue weighted by Gasteiger charge is -1.91. The van der Waals surface area contributed by atoms with Crippen LogP contribution in [0.3, 0.4) is 0 Å². The first-order valence-corrected chi connectivity index (χ1v) is 5.20. The topological polar surface area (TPSA) is 41.6 Å². The molecule has 0 unspecified atom stereocenters. The quantitative estimate of drug-likeness (QED) is 0.657. The Morgan fingerprint density at radius 1 is 1.29 bits per heavy atom. The molecule has 14 heavy (non-hydrogen) atoms. The minimum atomic E-state index is 0.913. The Hall–Kier alpha value is -1.68. The number of aromatic nitrogens is 3. The number of hydrogen-bond acceptors (Lipinski definition) is 3. The molecule has 0 saturated carbocycles. The van der Waals surface area contributed by atoms with Gasteiger partial charge in [-0.25, -0.2) is 9.97 Å². The number of fused-ring (bicyclic) bond motifs is 1. The summed E-state index contributed by atoms with van der Waals surface area (Å²) in [6.45, 7) is 0. The molecule has 0 aliphatic carbocycles. The molecule has 0 atom stereocenters. The zero-order valence-corrected chi connectivity index (χ0v) is 8.08. The molecule has 3 aromatic heterocycles. The number of pyridine rings is 1. The number of aromatic amines is 1. The molecule has 0 amide bonds. The van der Waals surface area contributed by atoms with Crippen LogP contribution in [0.2, 0.25) is 0 Å². The van der Waals surface area contributed by atoms with Crippen molar-refractivity contribution in [2.45, 2.75) is 0 Å². The number of rotatable bonds is 1. The molecular formula is C10H7N3S. The second-order valence-corrected chi connectivity index (χ2v) is 3.69. The summed E-state index contributed by atoms with van der Waals surface area (Å²) in [7, 11) is 0. The zero-order chi connectivity index (χ0) is 9.38. The highest BCUT2D eigenvalue weighted by molar-refractivity contribution is 7.07. The Bertz CT molecular complexity index is 554. The molecular weight excluding hydrogens is 194 g/mol. The molecule has 4 heteroatoms. The van der Waals surface area contributed by atoms with Crippen molar-refractivity contribution in [1.82, 2.24) is 15.0 Å². The summed E-state index contributed by atoms with van der Waals surface area (Å²) < 4.78 is 0. The van der Waals surface area contributed by atoms with E-state index in [2.05, 4.69) is 15.0 Å².